The minimum absolute atomic E-state index is 0.242. The Bertz CT molecular complexity index is 404. The predicted molar refractivity (Wildman–Crippen MR) is 69.8 cm³/mol. The van der Waals surface area contributed by atoms with Gasteiger partial charge in [0.1, 0.15) is 0 Å². The summed E-state index contributed by atoms with van der Waals surface area (Å²) in [6.45, 7) is 9.12. The van der Waals surface area contributed by atoms with Crippen LogP contribution in [0.25, 0.3) is 0 Å². The summed E-state index contributed by atoms with van der Waals surface area (Å²) in [5.74, 6) is 0. The third-order valence-electron chi connectivity index (χ3n) is 3.96. The van der Waals surface area contributed by atoms with Crippen molar-refractivity contribution in [1.82, 2.24) is 0 Å². The molecule has 0 saturated carbocycles. The monoisotopic (exact) mass is 217 g/mol. The summed E-state index contributed by atoms with van der Waals surface area (Å²) < 4.78 is 0. The molecule has 0 radical (unpaired) electrons. The molecular weight excluding hydrogens is 194 g/mol. The van der Waals surface area contributed by atoms with Crippen LogP contribution in [0.4, 0.5) is 0 Å². The van der Waals surface area contributed by atoms with Gasteiger partial charge in [0.05, 0.1) is 0 Å². The summed E-state index contributed by atoms with van der Waals surface area (Å²) in [7, 11) is 0. The van der Waals surface area contributed by atoms with E-state index in [1.54, 1.807) is 5.56 Å². The van der Waals surface area contributed by atoms with Crippen LogP contribution in [0, 0.1) is 0 Å². The van der Waals surface area contributed by atoms with Crippen molar-refractivity contribution in [3.05, 3.63) is 34.4 Å². The van der Waals surface area contributed by atoms with Gasteiger partial charge in [-0.05, 0) is 46.9 Å². The van der Waals surface area contributed by atoms with E-state index in [0.717, 1.165) is 19.3 Å². The van der Waals surface area contributed by atoms with Crippen LogP contribution >= 0.6 is 0 Å². The summed E-state index contributed by atoms with van der Waals surface area (Å²) in [5.41, 5.74) is 12.5. The smallest absolute Gasteiger partial charge is 0.0308 e. The van der Waals surface area contributed by atoms with E-state index < -0.39 is 0 Å². The lowest BCUT2D eigenvalue weighted by molar-refractivity contribution is 0.479. The standard InChI is InChI=1S/C15H23N/c1-5-10-7-8-11(6-2)14-13(10)12(16)9-15(14,3)4/h7-8,12H,5-6,9,16H2,1-4H3/t12-/m1/s1. The van der Waals surface area contributed by atoms with E-state index in [-0.39, 0.29) is 11.5 Å². The first-order chi connectivity index (χ1) is 7.51. The lowest BCUT2D eigenvalue weighted by Gasteiger charge is -2.22. The Kier molecular flexibility index (Phi) is 2.83. The maximum absolute atomic E-state index is 6.32. The zero-order chi connectivity index (χ0) is 11.9. The fourth-order valence-electron chi connectivity index (χ4n) is 3.29. The zero-order valence-electron chi connectivity index (χ0n) is 10.9. The first kappa shape index (κ1) is 11.7. The molecule has 2 N–H and O–H groups in total. The maximum Gasteiger partial charge on any atom is 0.0308 e. The molecule has 0 aromatic heterocycles. The SMILES string of the molecule is CCc1ccc(CC)c2c1[C@H](N)CC2(C)C. The van der Waals surface area contributed by atoms with E-state index in [9.17, 15) is 0 Å². The first-order valence-corrected chi connectivity index (χ1v) is 6.42. The second-order valence-corrected chi connectivity index (χ2v) is 5.57. The Morgan fingerprint density at radius 1 is 1.19 bits per heavy atom. The van der Waals surface area contributed by atoms with Crippen molar-refractivity contribution < 1.29 is 0 Å². The van der Waals surface area contributed by atoms with Gasteiger partial charge in [0, 0.05) is 6.04 Å². The van der Waals surface area contributed by atoms with Gasteiger partial charge in [-0.1, -0.05) is 39.8 Å². The second-order valence-electron chi connectivity index (χ2n) is 5.57. The summed E-state index contributed by atoms with van der Waals surface area (Å²) in [6.07, 6.45) is 3.30. The molecule has 0 fully saturated rings. The first-order valence-electron chi connectivity index (χ1n) is 6.42. The highest BCUT2D eigenvalue weighted by Gasteiger charge is 2.37. The summed E-state index contributed by atoms with van der Waals surface area (Å²) >= 11 is 0. The highest BCUT2D eigenvalue weighted by molar-refractivity contribution is 5.50. The molecule has 0 amide bonds. The molecule has 0 bridgehead atoms. The van der Waals surface area contributed by atoms with Crippen molar-refractivity contribution in [2.45, 2.75) is 58.4 Å². The quantitative estimate of drug-likeness (QED) is 0.806. The van der Waals surface area contributed by atoms with Crippen LogP contribution in [0.15, 0.2) is 12.1 Å². The van der Waals surface area contributed by atoms with Crippen molar-refractivity contribution in [2.24, 2.45) is 5.73 Å². The highest BCUT2D eigenvalue weighted by Crippen LogP contribution is 2.46. The fourth-order valence-corrected chi connectivity index (χ4v) is 3.29. The lowest BCUT2D eigenvalue weighted by Crippen LogP contribution is -2.15. The van der Waals surface area contributed by atoms with Crippen LogP contribution in [-0.2, 0) is 18.3 Å². The molecule has 1 atom stereocenters. The summed E-state index contributed by atoms with van der Waals surface area (Å²) in [5, 5.41) is 0. The molecule has 88 valence electrons. The van der Waals surface area contributed by atoms with E-state index in [2.05, 4.69) is 39.8 Å². The zero-order valence-corrected chi connectivity index (χ0v) is 10.9. The van der Waals surface area contributed by atoms with Crippen molar-refractivity contribution in [2.75, 3.05) is 0 Å². The molecule has 0 spiro atoms. The third kappa shape index (κ3) is 1.58. The molecule has 1 heteroatoms. The lowest BCUT2D eigenvalue weighted by atomic mass is 9.82. The summed E-state index contributed by atoms with van der Waals surface area (Å²) in [6, 6.07) is 4.82. The molecule has 1 nitrogen and oxygen atoms in total. The van der Waals surface area contributed by atoms with E-state index in [4.69, 9.17) is 5.73 Å². The number of hydrogen-bond acceptors (Lipinski definition) is 1. The van der Waals surface area contributed by atoms with Gasteiger partial charge in [-0.2, -0.15) is 0 Å². The van der Waals surface area contributed by atoms with E-state index in [1.165, 1.54) is 16.7 Å². The van der Waals surface area contributed by atoms with E-state index >= 15 is 0 Å². The van der Waals surface area contributed by atoms with Crippen LogP contribution in [0.1, 0.15) is 62.4 Å². The molecule has 1 aromatic carbocycles. The average Bonchev–Trinajstić information content (AvgIpc) is 2.49. The van der Waals surface area contributed by atoms with E-state index in [1.807, 2.05) is 0 Å². The number of fused-ring (bicyclic) bond motifs is 1. The van der Waals surface area contributed by atoms with Gasteiger partial charge in [-0.3, -0.25) is 0 Å². The topological polar surface area (TPSA) is 26.0 Å². The van der Waals surface area contributed by atoms with Crippen molar-refractivity contribution >= 4 is 0 Å². The Balaban J connectivity index is 2.69. The van der Waals surface area contributed by atoms with Gasteiger partial charge >= 0.3 is 0 Å². The molecule has 0 saturated heterocycles. The number of benzene rings is 1. The number of rotatable bonds is 2. The number of nitrogens with two attached hydrogens (primary N) is 1. The van der Waals surface area contributed by atoms with Gasteiger partial charge < -0.3 is 5.73 Å². The van der Waals surface area contributed by atoms with E-state index in [0.29, 0.717) is 0 Å². The van der Waals surface area contributed by atoms with Crippen LogP contribution in [0.5, 0.6) is 0 Å². The van der Waals surface area contributed by atoms with Crippen LogP contribution in [-0.4, -0.2) is 0 Å². The molecular formula is C15H23N. The largest absolute Gasteiger partial charge is 0.324 e. The van der Waals surface area contributed by atoms with Crippen molar-refractivity contribution in [3.8, 4) is 0 Å². The van der Waals surface area contributed by atoms with Gasteiger partial charge in [0.2, 0.25) is 0 Å². The van der Waals surface area contributed by atoms with Gasteiger partial charge in [-0.15, -0.1) is 0 Å². The maximum atomic E-state index is 6.32. The molecule has 16 heavy (non-hydrogen) atoms. The average molecular weight is 217 g/mol. The minimum atomic E-state index is 0.242. The van der Waals surface area contributed by atoms with Gasteiger partial charge in [-0.25, -0.2) is 0 Å². The summed E-state index contributed by atoms with van der Waals surface area (Å²) in [4.78, 5) is 0. The Labute approximate surface area is 99.0 Å². The normalized spacial score (nSPS) is 22.2. The minimum Gasteiger partial charge on any atom is -0.324 e. The van der Waals surface area contributed by atoms with Gasteiger partial charge in [0.25, 0.3) is 0 Å². The second kappa shape index (κ2) is 3.89. The number of hydrogen-bond donors (Lipinski definition) is 1. The fraction of sp³-hybridized carbons (Fsp3) is 0.600. The molecule has 0 unspecified atom stereocenters. The molecule has 2 rings (SSSR count). The molecule has 0 heterocycles. The molecule has 1 aliphatic rings. The van der Waals surface area contributed by atoms with Crippen LogP contribution in [0.3, 0.4) is 0 Å². The number of aryl methyl sites for hydroxylation is 2. The molecule has 1 aromatic rings. The Morgan fingerprint density at radius 3 is 2.31 bits per heavy atom. The highest BCUT2D eigenvalue weighted by atomic mass is 14.7. The van der Waals surface area contributed by atoms with Crippen LogP contribution < -0.4 is 5.73 Å². The molecule has 0 aliphatic heterocycles. The van der Waals surface area contributed by atoms with Crippen LogP contribution in [0.2, 0.25) is 0 Å². The Morgan fingerprint density at radius 2 is 1.75 bits per heavy atom. The van der Waals surface area contributed by atoms with Gasteiger partial charge in [0.15, 0.2) is 0 Å². The predicted octanol–water partition coefficient (Wildman–Crippen LogP) is 3.49. The van der Waals surface area contributed by atoms with Crippen molar-refractivity contribution in [1.29, 1.82) is 0 Å². The van der Waals surface area contributed by atoms with Crippen molar-refractivity contribution in [3.63, 3.8) is 0 Å². The Hall–Kier alpha value is -0.820. The third-order valence-corrected chi connectivity index (χ3v) is 3.96. The molecule has 1 aliphatic carbocycles.